The zero-order valence-corrected chi connectivity index (χ0v) is 8.25. The van der Waals surface area contributed by atoms with Gasteiger partial charge in [0.25, 0.3) is 0 Å². The normalized spacial score (nSPS) is 11.7. The van der Waals surface area contributed by atoms with Crippen LogP contribution in [-0.4, -0.2) is 5.78 Å². The lowest BCUT2D eigenvalue weighted by molar-refractivity contribution is -0.121. The lowest BCUT2D eigenvalue weighted by atomic mass is 9.96. The van der Waals surface area contributed by atoms with Crippen LogP contribution in [0, 0.1) is 17.2 Å². The Kier molecular flexibility index (Phi) is 6.91. The quantitative estimate of drug-likeness (QED) is 0.564. The molecule has 0 bridgehead atoms. The lowest BCUT2D eigenvalue weighted by Crippen LogP contribution is -2.11. The van der Waals surface area contributed by atoms with E-state index in [4.69, 9.17) is 5.26 Å². The first-order valence-electron chi connectivity index (χ1n) is 4.79. The molecule has 0 aromatic carbocycles. The molecule has 0 radical (unpaired) electrons. The molecule has 0 amide bonds. The first-order chi connectivity index (χ1) is 6.26. The Hall–Kier alpha value is -1.10. The highest BCUT2D eigenvalue weighted by atomic mass is 16.1. The van der Waals surface area contributed by atoms with Crippen LogP contribution >= 0.6 is 0 Å². The van der Waals surface area contributed by atoms with Crippen LogP contribution in [0.1, 0.15) is 39.0 Å². The molecule has 13 heavy (non-hydrogen) atoms. The van der Waals surface area contributed by atoms with Crippen LogP contribution in [0.3, 0.4) is 0 Å². The van der Waals surface area contributed by atoms with Crippen molar-refractivity contribution in [3.63, 3.8) is 0 Å². The maximum atomic E-state index is 11.4. The topological polar surface area (TPSA) is 40.9 Å². The molecule has 72 valence electrons. The maximum absolute atomic E-state index is 11.4. The fraction of sp³-hybridized carbons (Fsp3) is 0.636. The van der Waals surface area contributed by atoms with E-state index in [-0.39, 0.29) is 11.7 Å². The molecule has 0 heterocycles. The molecule has 2 heteroatoms. The Balaban J connectivity index is 3.86. The second-order valence-corrected chi connectivity index (χ2v) is 3.12. The van der Waals surface area contributed by atoms with Gasteiger partial charge in [0.1, 0.15) is 11.7 Å². The first-order valence-corrected chi connectivity index (χ1v) is 4.79. The molecular weight excluding hydrogens is 162 g/mol. The van der Waals surface area contributed by atoms with Gasteiger partial charge in [-0.25, -0.2) is 0 Å². The summed E-state index contributed by atoms with van der Waals surface area (Å²) < 4.78 is 0. The van der Waals surface area contributed by atoms with Crippen molar-refractivity contribution in [3.05, 3.63) is 12.7 Å². The summed E-state index contributed by atoms with van der Waals surface area (Å²) in [6.07, 6.45) is 5.56. The van der Waals surface area contributed by atoms with Gasteiger partial charge in [0.05, 0.1) is 6.07 Å². The van der Waals surface area contributed by atoms with Crippen molar-refractivity contribution in [2.24, 2.45) is 5.92 Å². The Labute approximate surface area is 80.3 Å². The molecule has 0 aromatic rings. The highest BCUT2D eigenvalue weighted by Gasteiger charge is 2.15. The van der Waals surface area contributed by atoms with E-state index in [2.05, 4.69) is 19.6 Å². The zero-order chi connectivity index (χ0) is 10.1. The van der Waals surface area contributed by atoms with Crippen LogP contribution in [0.25, 0.3) is 0 Å². The van der Waals surface area contributed by atoms with E-state index >= 15 is 0 Å². The lowest BCUT2D eigenvalue weighted by Gasteiger charge is -2.05. The van der Waals surface area contributed by atoms with Crippen LogP contribution in [-0.2, 0) is 4.79 Å². The highest BCUT2D eigenvalue weighted by molar-refractivity contribution is 5.83. The molecule has 1 unspecified atom stereocenters. The zero-order valence-electron chi connectivity index (χ0n) is 8.25. The second kappa shape index (κ2) is 7.54. The summed E-state index contributed by atoms with van der Waals surface area (Å²) in [5.74, 6) is -0.323. The maximum Gasteiger partial charge on any atom is 0.150 e. The van der Waals surface area contributed by atoms with E-state index < -0.39 is 0 Å². The third kappa shape index (κ3) is 5.19. The SMILES string of the molecule is C=CCCC(=O)C(C#N)CCCC. The fourth-order valence-electron chi connectivity index (χ4n) is 1.12. The Morgan fingerprint density at radius 3 is 2.85 bits per heavy atom. The molecule has 0 spiro atoms. The van der Waals surface area contributed by atoms with E-state index in [1.807, 2.05) is 0 Å². The van der Waals surface area contributed by atoms with Gasteiger partial charge in [-0.15, -0.1) is 6.58 Å². The molecule has 0 N–H and O–H groups in total. The number of nitrogens with zero attached hydrogens (tertiary/aromatic N) is 1. The third-order valence-electron chi connectivity index (χ3n) is 1.99. The first kappa shape index (κ1) is 11.9. The fourth-order valence-corrected chi connectivity index (χ4v) is 1.12. The average molecular weight is 179 g/mol. The third-order valence-corrected chi connectivity index (χ3v) is 1.99. The molecule has 0 fully saturated rings. The van der Waals surface area contributed by atoms with Crippen molar-refractivity contribution in [2.45, 2.75) is 39.0 Å². The van der Waals surface area contributed by atoms with E-state index in [1.165, 1.54) is 0 Å². The molecule has 0 rings (SSSR count). The van der Waals surface area contributed by atoms with E-state index in [1.54, 1.807) is 6.08 Å². The van der Waals surface area contributed by atoms with Gasteiger partial charge in [0.2, 0.25) is 0 Å². The summed E-state index contributed by atoms with van der Waals surface area (Å²) in [6, 6.07) is 2.06. The minimum Gasteiger partial charge on any atom is -0.298 e. The Morgan fingerprint density at radius 1 is 1.69 bits per heavy atom. The number of carbonyl (C=O) groups excluding carboxylic acids is 1. The summed E-state index contributed by atoms with van der Waals surface area (Å²) in [7, 11) is 0. The van der Waals surface area contributed by atoms with Crippen LogP contribution in [0.5, 0.6) is 0 Å². The molecule has 0 saturated carbocycles. The van der Waals surface area contributed by atoms with Crippen molar-refractivity contribution in [1.82, 2.24) is 0 Å². The Morgan fingerprint density at radius 2 is 2.38 bits per heavy atom. The van der Waals surface area contributed by atoms with Crippen LogP contribution < -0.4 is 0 Å². The molecule has 0 aliphatic heterocycles. The van der Waals surface area contributed by atoms with Gasteiger partial charge < -0.3 is 0 Å². The minimum absolute atomic E-state index is 0.0656. The molecule has 0 aliphatic carbocycles. The summed E-state index contributed by atoms with van der Waals surface area (Å²) in [5.41, 5.74) is 0. The van der Waals surface area contributed by atoms with Gasteiger partial charge in [-0.05, 0) is 12.8 Å². The van der Waals surface area contributed by atoms with Crippen LogP contribution in [0.4, 0.5) is 0 Å². The van der Waals surface area contributed by atoms with E-state index in [0.29, 0.717) is 19.3 Å². The highest BCUT2D eigenvalue weighted by Crippen LogP contribution is 2.11. The molecule has 0 aliphatic rings. The minimum atomic E-state index is -0.389. The second-order valence-electron chi connectivity index (χ2n) is 3.12. The number of allylic oxidation sites excluding steroid dienone is 1. The van der Waals surface area contributed by atoms with Crippen molar-refractivity contribution in [2.75, 3.05) is 0 Å². The summed E-state index contributed by atoms with van der Waals surface area (Å²) in [5, 5.41) is 8.73. The van der Waals surface area contributed by atoms with E-state index in [0.717, 1.165) is 12.8 Å². The van der Waals surface area contributed by atoms with E-state index in [9.17, 15) is 4.79 Å². The number of Topliss-reactive ketones (excluding diaryl/α,β-unsaturated/α-hetero) is 1. The number of unbranched alkanes of at least 4 members (excludes halogenated alkanes) is 1. The predicted molar refractivity (Wildman–Crippen MR) is 53.1 cm³/mol. The number of carbonyl (C=O) groups is 1. The standard InChI is InChI=1S/C11H17NO/c1-3-5-7-10(9-12)11(13)8-6-4-2/h4,10H,2-3,5-8H2,1H3. The number of hydrogen-bond acceptors (Lipinski definition) is 2. The van der Waals surface area contributed by atoms with Gasteiger partial charge >= 0.3 is 0 Å². The number of nitriles is 1. The van der Waals surface area contributed by atoms with Gasteiger partial charge in [0, 0.05) is 6.42 Å². The molecular formula is C11H17NO. The summed E-state index contributed by atoms with van der Waals surface area (Å²) in [4.78, 5) is 11.4. The van der Waals surface area contributed by atoms with Gasteiger partial charge in [-0.2, -0.15) is 5.26 Å². The molecule has 0 saturated heterocycles. The van der Waals surface area contributed by atoms with Crippen molar-refractivity contribution in [1.29, 1.82) is 5.26 Å². The summed E-state index contributed by atoms with van der Waals surface area (Å²) >= 11 is 0. The summed E-state index contributed by atoms with van der Waals surface area (Å²) in [6.45, 7) is 5.60. The van der Waals surface area contributed by atoms with Crippen LogP contribution in [0.15, 0.2) is 12.7 Å². The molecule has 0 aromatic heterocycles. The molecule has 1 atom stereocenters. The molecule has 2 nitrogen and oxygen atoms in total. The monoisotopic (exact) mass is 179 g/mol. The number of rotatable bonds is 7. The van der Waals surface area contributed by atoms with Gasteiger partial charge in [-0.3, -0.25) is 4.79 Å². The largest absolute Gasteiger partial charge is 0.298 e. The van der Waals surface area contributed by atoms with Crippen LogP contribution in [0.2, 0.25) is 0 Å². The number of ketones is 1. The predicted octanol–water partition coefficient (Wildman–Crippen LogP) is 2.85. The Bertz CT molecular complexity index is 203. The van der Waals surface area contributed by atoms with Crippen molar-refractivity contribution in [3.8, 4) is 6.07 Å². The van der Waals surface area contributed by atoms with Gasteiger partial charge in [0.15, 0.2) is 0 Å². The number of hydrogen-bond donors (Lipinski definition) is 0. The van der Waals surface area contributed by atoms with Crippen molar-refractivity contribution < 1.29 is 4.79 Å². The van der Waals surface area contributed by atoms with Crippen molar-refractivity contribution >= 4 is 5.78 Å². The average Bonchev–Trinajstić information content (AvgIpc) is 2.16. The van der Waals surface area contributed by atoms with Gasteiger partial charge in [-0.1, -0.05) is 25.8 Å². The smallest absolute Gasteiger partial charge is 0.150 e.